The van der Waals surface area contributed by atoms with E-state index in [4.69, 9.17) is 11.6 Å². The summed E-state index contributed by atoms with van der Waals surface area (Å²) in [5, 5.41) is 3.82. The Kier molecular flexibility index (Phi) is 8.04. The molecule has 0 aliphatic rings. The first-order chi connectivity index (χ1) is 5.70. The van der Waals surface area contributed by atoms with Gasteiger partial charge in [0.25, 0.3) is 0 Å². The van der Waals surface area contributed by atoms with Crippen molar-refractivity contribution >= 4 is 11.6 Å². The molecule has 0 aromatic carbocycles. The Morgan fingerprint density at radius 2 is 1.92 bits per heavy atom. The smallest absolute Gasteiger partial charge is 0.0345 e. The quantitative estimate of drug-likeness (QED) is 0.610. The molecule has 74 valence electrons. The van der Waals surface area contributed by atoms with Crippen LogP contribution in [-0.4, -0.2) is 18.0 Å². The first-order valence-electron chi connectivity index (χ1n) is 5.08. The highest BCUT2D eigenvalue weighted by Gasteiger charge is 2.02. The zero-order valence-electron chi connectivity index (χ0n) is 8.57. The van der Waals surface area contributed by atoms with Gasteiger partial charge in [0, 0.05) is 11.4 Å². The van der Waals surface area contributed by atoms with Gasteiger partial charge in [-0.25, -0.2) is 0 Å². The summed E-state index contributed by atoms with van der Waals surface area (Å²) in [5.41, 5.74) is 0. The molecular formula is C10H22ClN. The summed E-state index contributed by atoms with van der Waals surface area (Å²) < 4.78 is 0. The van der Waals surface area contributed by atoms with Crippen molar-refractivity contribution < 1.29 is 0 Å². The fourth-order valence-corrected chi connectivity index (χ4v) is 1.33. The summed E-state index contributed by atoms with van der Waals surface area (Å²) in [6, 6.07) is 0.649. The van der Waals surface area contributed by atoms with Crippen LogP contribution >= 0.6 is 11.6 Å². The number of hydrogen-bond acceptors (Lipinski definition) is 1. The van der Waals surface area contributed by atoms with Crippen molar-refractivity contribution in [3.8, 4) is 0 Å². The Bertz CT molecular complexity index is 95.8. The molecule has 1 nitrogen and oxygen atoms in total. The number of rotatable bonds is 7. The molecule has 2 atom stereocenters. The Morgan fingerprint density at radius 3 is 2.42 bits per heavy atom. The van der Waals surface area contributed by atoms with Gasteiger partial charge in [0.05, 0.1) is 0 Å². The normalized spacial score (nSPS) is 16.0. The van der Waals surface area contributed by atoms with Crippen LogP contribution in [0.3, 0.4) is 0 Å². The number of alkyl halides is 1. The van der Waals surface area contributed by atoms with Crippen LogP contribution in [0.4, 0.5) is 0 Å². The molecule has 0 radical (unpaired) electrons. The van der Waals surface area contributed by atoms with E-state index < -0.39 is 0 Å². The average molecular weight is 192 g/mol. The van der Waals surface area contributed by atoms with E-state index in [9.17, 15) is 0 Å². The molecule has 2 heteroatoms. The molecule has 0 aliphatic heterocycles. The Balaban J connectivity index is 3.18. The highest BCUT2D eigenvalue weighted by Crippen LogP contribution is 2.05. The summed E-state index contributed by atoms with van der Waals surface area (Å²) >= 11 is 5.99. The second kappa shape index (κ2) is 7.88. The van der Waals surface area contributed by atoms with Crippen molar-refractivity contribution in [3.05, 3.63) is 0 Å². The lowest BCUT2D eigenvalue weighted by Crippen LogP contribution is -2.28. The molecular weight excluding hydrogens is 170 g/mol. The van der Waals surface area contributed by atoms with Gasteiger partial charge < -0.3 is 5.32 Å². The summed E-state index contributed by atoms with van der Waals surface area (Å²) in [6.07, 6.45) is 4.68. The number of nitrogens with one attached hydrogen (secondary N) is 1. The van der Waals surface area contributed by atoms with Gasteiger partial charge in [0.15, 0.2) is 0 Å². The number of halogens is 1. The predicted octanol–water partition coefficient (Wildman–Crippen LogP) is 3.17. The Labute approximate surface area is 81.9 Å². The monoisotopic (exact) mass is 191 g/mol. The van der Waals surface area contributed by atoms with Crippen LogP contribution in [0.5, 0.6) is 0 Å². The van der Waals surface area contributed by atoms with Gasteiger partial charge in [-0.15, -0.1) is 11.6 Å². The third-order valence-electron chi connectivity index (χ3n) is 2.12. The van der Waals surface area contributed by atoms with E-state index in [0.717, 1.165) is 19.4 Å². The molecule has 0 amide bonds. The minimum atomic E-state index is 0.353. The van der Waals surface area contributed by atoms with E-state index in [2.05, 4.69) is 26.1 Å². The van der Waals surface area contributed by atoms with Gasteiger partial charge in [-0.2, -0.15) is 0 Å². The zero-order chi connectivity index (χ0) is 9.40. The highest BCUT2D eigenvalue weighted by molar-refractivity contribution is 6.20. The minimum absolute atomic E-state index is 0.353. The standard InChI is InChI=1S/C10H22ClN/c1-4-6-9(3)12-8-7-10(11)5-2/h9-10,12H,4-8H2,1-3H3. The zero-order valence-corrected chi connectivity index (χ0v) is 9.32. The Hall–Kier alpha value is 0.250. The molecule has 1 N–H and O–H groups in total. The predicted molar refractivity (Wildman–Crippen MR) is 56.9 cm³/mol. The molecule has 0 aromatic heterocycles. The van der Waals surface area contributed by atoms with Crippen LogP contribution in [0.25, 0.3) is 0 Å². The van der Waals surface area contributed by atoms with Crippen LogP contribution < -0.4 is 5.32 Å². The lowest BCUT2D eigenvalue weighted by molar-refractivity contribution is 0.496. The van der Waals surface area contributed by atoms with Crippen molar-refractivity contribution in [2.45, 2.75) is 57.9 Å². The van der Waals surface area contributed by atoms with Crippen molar-refractivity contribution in [2.75, 3.05) is 6.54 Å². The van der Waals surface area contributed by atoms with Gasteiger partial charge in [-0.1, -0.05) is 20.3 Å². The lowest BCUT2D eigenvalue weighted by atomic mass is 10.2. The molecule has 0 bridgehead atoms. The molecule has 0 aliphatic carbocycles. The van der Waals surface area contributed by atoms with Gasteiger partial charge in [-0.05, 0) is 32.7 Å². The van der Waals surface area contributed by atoms with E-state index in [-0.39, 0.29) is 0 Å². The molecule has 0 fully saturated rings. The summed E-state index contributed by atoms with van der Waals surface area (Å²) in [4.78, 5) is 0. The van der Waals surface area contributed by atoms with Crippen molar-refractivity contribution in [2.24, 2.45) is 0 Å². The molecule has 0 aromatic rings. The average Bonchev–Trinajstić information content (AvgIpc) is 2.04. The van der Waals surface area contributed by atoms with Crippen molar-refractivity contribution in [1.29, 1.82) is 0 Å². The summed E-state index contributed by atoms with van der Waals surface area (Å²) in [6.45, 7) is 7.64. The molecule has 12 heavy (non-hydrogen) atoms. The van der Waals surface area contributed by atoms with E-state index >= 15 is 0 Å². The lowest BCUT2D eigenvalue weighted by Gasteiger charge is -2.13. The fraction of sp³-hybridized carbons (Fsp3) is 1.00. The first-order valence-corrected chi connectivity index (χ1v) is 5.51. The molecule has 2 unspecified atom stereocenters. The highest BCUT2D eigenvalue weighted by atomic mass is 35.5. The van der Waals surface area contributed by atoms with Crippen molar-refractivity contribution in [1.82, 2.24) is 5.32 Å². The molecule has 0 rings (SSSR count). The third-order valence-corrected chi connectivity index (χ3v) is 2.64. The van der Waals surface area contributed by atoms with E-state index in [0.29, 0.717) is 11.4 Å². The summed E-state index contributed by atoms with van der Waals surface area (Å²) in [5.74, 6) is 0. The molecule has 0 saturated heterocycles. The maximum absolute atomic E-state index is 5.99. The second-order valence-corrected chi connectivity index (χ2v) is 4.06. The molecule has 0 saturated carbocycles. The summed E-state index contributed by atoms with van der Waals surface area (Å²) in [7, 11) is 0. The van der Waals surface area contributed by atoms with E-state index in [1.807, 2.05) is 0 Å². The molecule has 0 heterocycles. The van der Waals surface area contributed by atoms with E-state index in [1.165, 1.54) is 12.8 Å². The van der Waals surface area contributed by atoms with Crippen LogP contribution in [0.1, 0.15) is 46.5 Å². The Morgan fingerprint density at radius 1 is 1.25 bits per heavy atom. The van der Waals surface area contributed by atoms with Crippen LogP contribution in [0, 0.1) is 0 Å². The second-order valence-electron chi connectivity index (χ2n) is 3.44. The van der Waals surface area contributed by atoms with Gasteiger partial charge in [0.1, 0.15) is 0 Å². The minimum Gasteiger partial charge on any atom is -0.314 e. The fourth-order valence-electron chi connectivity index (χ4n) is 1.23. The van der Waals surface area contributed by atoms with E-state index in [1.54, 1.807) is 0 Å². The molecule has 0 spiro atoms. The topological polar surface area (TPSA) is 12.0 Å². The first kappa shape index (κ1) is 12.2. The van der Waals surface area contributed by atoms with Crippen LogP contribution in [0.2, 0.25) is 0 Å². The van der Waals surface area contributed by atoms with Gasteiger partial charge in [0.2, 0.25) is 0 Å². The van der Waals surface area contributed by atoms with Crippen LogP contribution in [0.15, 0.2) is 0 Å². The maximum Gasteiger partial charge on any atom is 0.0345 e. The van der Waals surface area contributed by atoms with Gasteiger partial charge in [-0.3, -0.25) is 0 Å². The maximum atomic E-state index is 5.99. The largest absolute Gasteiger partial charge is 0.314 e. The SMILES string of the molecule is CCCC(C)NCCC(Cl)CC. The van der Waals surface area contributed by atoms with Crippen LogP contribution in [-0.2, 0) is 0 Å². The van der Waals surface area contributed by atoms with Crippen molar-refractivity contribution in [3.63, 3.8) is 0 Å². The third kappa shape index (κ3) is 6.93. The number of hydrogen-bond donors (Lipinski definition) is 1. The van der Waals surface area contributed by atoms with Gasteiger partial charge >= 0.3 is 0 Å².